The number of rotatable bonds is 6. The van der Waals surface area contributed by atoms with Gasteiger partial charge in [0, 0.05) is 12.6 Å². The molecule has 0 saturated heterocycles. The van der Waals surface area contributed by atoms with Crippen molar-refractivity contribution < 1.29 is 10.0 Å². The predicted molar refractivity (Wildman–Crippen MR) is 67.3 cm³/mol. The first kappa shape index (κ1) is 13.4. The molecule has 0 aromatic heterocycles. The highest BCUT2D eigenvalue weighted by molar-refractivity contribution is 5.90. The Labute approximate surface area is 101 Å². The summed E-state index contributed by atoms with van der Waals surface area (Å²) in [4.78, 5) is 11.5. The van der Waals surface area contributed by atoms with Crippen LogP contribution in [0.1, 0.15) is 18.4 Å². The molecule has 0 radical (unpaired) electrons. The Balaban J connectivity index is 2.40. The third-order valence-corrected chi connectivity index (χ3v) is 2.30. The molecule has 0 heterocycles. The molecule has 92 valence electrons. The second-order valence-electron chi connectivity index (χ2n) is 3.70. The van der Waals surface area contributed by atoms with Crippen LogP contribution >= 0.6 is 0 Å². The molecule has 1 aromatic carbocycles. The Kier molecular flexibility index (Phi) is 5.99. The van der Waals surface area contributed by atoms with Crippen molar-refractivity contribution in [3.8, 4) is 0 Å². The highest BCUT2D eigenvalue weighted by atomic mass is 16.5. The van der Waals surface area contributed by atoms with Crippen molar-refractivity contribution in [2.45, 2.75) is 12.8 Å². The normalized spacial score (nSPS) is 10.7. The van der Waals surface area contributed by atoms with Crippen LogP contribution in [0.2, 0.25) is 0 Å². The number of nitrogens with zero attached hydrogens (tertiary/aromatic N) is 1. The molecule has 0 unspecified atom stereocenters. The molecular weight excluding hydrogens is 216 g/mol. The van der Waals surface area contributed by atoms with Crippen LogP contribution in [0, 0.1) is 0 Å². The Bertz CT molecular complexity index is 363. The second-order valence-corrected chi connectivity index (χ2v) is 3.70. The monoisotopic (exact) mass is 234 g/mol. The molecule has 4 heteroatoms. The number of hydrogen-bond donors (Lipinski definition) is 2. The number of hydroxylamine groups is 2. The van der Waals surface area contributed by atoms with E-state index in [1.807, 2.05) is 30.3 Å². The van der Waals surface area contributed by atoms with E-state index < -0.39 is 5.91 Å². The van der Waals surface area contributed by atoms with Crippen LogP contribution in [-0.4, -0.2) is 29.3 Å². The number of hydrogen-bond acceptors (Lipinski definition) is 3. The van der Waals surface area contributed by atoms with Gasteiger partial charge in [0.1, 0.15) is 0 Å². The number of unbranched alkanes of at least 4 members (excludes halogenated alkanes) is 1. The molecule has 0 spiro atoms. The Hall–Kier alpha value is -1.65. The first-order chi connectivity index (χ1) is 8.24. The van der Waals surface area contributed by atoms with Crippen LogP contribution in [0.3, 0.4) is 0 Å². The molecule has 0 atom stereocenters. The summed E-state index contributed by atoms with van der Waals surface area (Å²) < 4.78 is 0. The van der Waals surface area contributed by atoms with Gasteiger partial charge in [-0.1, -0.05) is 30.3 Å². The molecule has 0 saturated carbocycles. The lowest BCUT2D eigenvalue weighted by Gasteiger charge is -2.11. The average Bonchev–Trinajstić information content (AvgIpc) is 2.37. The molecule has 0 aliphatic rings. The van der Waals surface area contributed by atoms with E-state index in [-0.39, 0.29) is 0 Å². The molecule has 17 heavy (non-hydrogen) atoms. The number of carbonyl (C=O) groups is 1. The van der Waals surface area contributed by atoms with Gasteiger partial charge in [-0.05, 0) is 31.0 Å². The molecule has 0 aliphatic heterocycles. The summed E-state index contributed by atoms with van der Waals surface area (Å²) in [5.41, 5.74) is 6.25. The van der Waals surface area contributed by atoms with Gasteiger partial charge in [-0.25, -0.2) is 5.06 Å². The zero-order chi connectivity index (χ0) is 12.5. The highest BCUT2D eigenvalue weighted by Crippen LogP contribution is 2.02. The topological polar surface area (TPSA) is 66.6 Å². The smallest absolute Gasteiger partial charge is 0.269 e. The minimum Gasteiger partial charge on any atom is -0.330 e. The summed E-state index contributed by atoms with van der Waals surface area (Å²) in [6, 6.07) is 9.47. The van der Waals surface area contributed by atoms with Gasteiger partial charge >= 0.3 is 0 Å². The third-order valence-electron chi connectivity index (χ3n) is 2.30. The summed E-state index contributed by atoms with van der Waals surface area (Å²) in [5.74, 6) is -0.411. The van der Waals surface area contributed by atoms with Gasteiger partial charge in [0.25, 0.3) is 5.91 Å². The summed E-state index contributed by atoms with van der Waals surface area (Å²) in [6.45, 7) is 0.886. The van der Waals surface area contributed by atoms with Crippen molar-refractivity contribution in [1.82, 2.24) is 5.06 Å². The maximum atomic E-state index is 11.5. The van der Waals surface area contributed by atoms with E-state index in [9.17, 15) is 10.0 Å². The van der Waals surface area contributed by atoms with Crippen molar-refractivity contribution in [3.63, 3.8) is 0 Å². The molecule has 3 N–H and O–H groups in total. The second kappa shape index (κ2) is 7.60. The lowest BCUT2D eigenvalue weighted by molar-refractivity contribution is -0.159. The lowest BCUT2D eigenvalue weighted by atomic mass is 10.2. The SMILES string of the molecule is NCCCCN(O)C(=O)C=Cc1ccccc1. The van der Waals surface area contributed by atoms with E-state index in [1.54, 1.807) is 6.08 Å². The van der Waals surface area contributed by atoms with Crippen LogP contribution in [0.4, 0.5) is 0 Å². The summed E-state index contributed by atoms with van der Waals surface area (Å²) >= 11 is 0. The van der Waals surface area contributed by atoms with Crippen molar-refractivity contribution in [3.05, 3.63) is 42.0 Å². The van der Waals surface area contributed by atoms with Crippen molar-refractivity contribution in [2.75, 3.05) is 13.1 Å². The largest absolute Gasteiger partial charge is 0.330 e. The quantitative estimate of drug-likeness (QED) is 0.340. The Morgan fingerprint density at radius 2 is 2.00 bits per heavy atom. The van der Waals surface area contributed by atoms with Crippen LogP contribution in [0.5, 0.6) is 0 Å². The number of amides is 1. The minimum atomic E-state index is -0.411. The third kappa shape index (κ3) is 5.29. The zero-order valence-electron chi connectivity index (χ0n) is 9.75. The van der Waals surface area contributed by atoms with E-state index in [0.717, 1.165) is 17.0 Å². The number of carbonyl (C=O) groups excluding carboxylic acids is 1. The van der Waals surface area contributed by atoms with Gasteiger partial charge in [-0.3, -0.25) is 10.0 Å². The fourth-order valence-corrected chi connectivity index (χ4v) is 1.33. The fourth-order valence-electron chi connectivity index (χ4n) is 1.33. The van der Waals surface area contributed by atoms with Crippen LogP contribution in [0.25, 0.3) is 6.08 Å². The van der Waals surface area contributed by atoms with Gasteiger partial charge in [0.2, 0.25) is 0 Å². The summed E-state index contributed by atoms with van der Waals surface area (Å²) in [5, 5.41) is 10.1. The van der Waals surface area contributed by atoms with Crippen LogP contribution in [0.15, 0.2) is 36.4 Å². The maximum absolute atomic E-state index is 11.5. The van der Waals surface area contributed by atoms with Gasteiger partial charge in [0.15, 0.2) is 0 Å². The lowest BCUT2D eigenvalue weighted by Crippen LogP contribution is -2.26. The van der Waals surface area contributed by atoms with E-state index in [4.69, 9.17) is 5.73 Å². The van der Waals surface area contributed by atoms with Crippen molar-refractivity contribution in [1.29, 1.82) is 0 Å². The predicted octanol–water partition coefficient (Wildman–Crippen LogP) is 1.66. The molecular formula is C13H18N2O2. The first-order valence-corrected chi connectivity index (χ1v) is 5.67. The van der Waals surface area contributed by atoms with Gasteiger partial charge < -0.3 is 5.73 Å². The Morgan fingerprint density at radius 3 is 2.65 bits per heavy atom. The number of benzene rings is 1. The highest BCUT2D eigenvalue weighted by Gasteiger charge is 2.05. The van der Waals surface area contributed by atoms with Crippen LogP contribution < -0.4 is 5.73 Å². The molecule has 4 nitrogen and oxygen atoms in total. The molecule has 0 aliphatic carbocycles. The van der Waals surface area contributed by atoms with E-state index in [1.165, 1.54) is 6.08 Å². The van der Waals surface area contributed by atoms with E-state index in [2.05, 4.69) is 0 Å². The van der Waals surface area contributed by atoms with Crippen molar-refractivity contribution >= 4 is 12.0 Å². The van der Waals surface area contributed by atoms with Crippen LogP contribution in [-0.2, 0) is 4.79 Å². The van der Waals surface area contributed by atoms with E-state index in [0.29, 0.717) is 19.5 Å². The molecule has 1 aromatic rings. The average molecular weight is 234 g/mol. The Morgan fingerprint density at radius 1 is 1.29 bits per heavy atom. The van der Waals surface area contributed by atoms with Gasteiger partial charge in [-0.15, -0.1) is 0 Å². The summed E-state index contributed by atoms with van der Waals surface area (Å²) in [6.07, 6.45) is 4.54. The number of nitrogens with two attached hydrogens (primary N) is 1. The standard InChI is InChI=1S/C13H18N2O2/c14-10-4-5-11-15(17)13(16)9-8-12-6-2-1-3-7-12/h1-3,6-9,17H,4-5,10-11,14H2. The molecule has 0 bridgehead atoms. The molecule has 1 rings (SSSR count). The minimum absolute atomic E-state index is 0.315. The zero-order valence-corrected chi connectivity index (χ0v) is 9.75. The first-order valence-electron chi connectivity index (χ1n) is 5.67. The van der Waals surface area contributed by atoms with E-state index >= 15 is 0 Å². The van der Waals surface area contributed by atoms with Crippen molar-refractivity contribution in [2.24, 2.45) is 5.73 Å². The molecule has 0 fully saturated rings. The maximum Gasteiger partial charge on any atom is 0.269 e. The molecule has 1 amide bonds. The fraction of sp³-hybridized carbons (Fsp3) is 0.308. The van der Waals surface area contributed by atoms with Gasteiger partial charge in [0.05, 0.1) is 0 Å². The summed E-state index contributed by atoms with van der Waals surface area (Å²) in [7, 11) is 0. The van der Waals surface area contributed by atoms with Gasteiger partial charge in [-0.2, -0.15) is 0 Å².